The zero-order chi connectivity index (χ0) is 15.3. The van der Waals surface area contributed by atoms with Gasteiger partial charge in [0.1, 0.15) is 5.82 Å². The van der Waals surface area contributed by atoms with Gasteiger partial charge in [0.25, 0.3) is 0 Å². The Bertz CT molecular complexity index is 957. The summed E-state index contributed by atoms with van der Waals surface area (Å²) in [5, 5.41) is 2.87. The minimum Gasteiger partial charge on any atom is -0.383 e. The van der Waals surface area contributed by atoms with Crippen molar-refractivity contribution in [1.82, 2.24) is 9.97 Å². The average Bonchev–Trinajstić information content (AvgIpc) is 2.82. The molecular weight excluding hydrogens is 296 g/mol. The molecule has 4 rings (SSSR count). The number of aromatic amines is 1. The van der Waals surface area contributed by atoms with Crippen molar-refractivity contribution >= 4 is 34.1 Å². The van der Waals surface area contributed by atoms with E-state index >= 15 is 0 Å². The summed E-state index contributed by atoms with van der Waals surface area (Å²) >= 11 is 6.00. The van der Waals surface area contributed by atoms with Crippen LogP contribution in [0.3, 0.4) is 0 Å². The molecule has 0 saturated carbocycles. The number of halogens is 1. The molecule has 2 aromatic rings. The molecule has 1 aliphatic carbocycles. The van der Waals surface area contributed by atoms with Gasteiger partial charge in [0, 0.05) is 16.1 Å². The molecule has 0 unspecified atom stereocenters. The van der Waals surface area contributed by atoms with Crippen molar-refractivity contribution in [3.05, 3.63) is 53.6 Å². The molecule has 0 spiro atoms. The first kappa shape index (κ1) is 13.0. The monoisotopic (exact) mass is 308 g/mol. The van der Waals surface area contributed by atoms with Crippen LogP contribution >= 0.6 is 11.6 Å². The molecule has 5 heteroatoms. The van der Waals surface area contributed by atoms with Gasteiger partial charge in [-0.1, -0.05) is 48.0 Å². The van der Waals surface area contributed by atoms with Gasteiger partial charge in [-0.2, -0.15) is 4.98 Å². The Morgan fingerprint density at radius 3 is 2.18 bits per heavy atom. The fourth-order valence-electron chi connectivity index (χ4n) is 2.96. The van der Waals surface area contributed by atoms with E-state index in [1.165, 1.54) is 0 Å². The van der Waals surface area contributed by atoms with E-state index in [1.807, 2.05) is 42.5 Å². The smallest absolute Gasteiger partial charge is 0.199 e. The zero-order valence-electron chi connectivity index (χ0n) is 11.6. The second-order valence-corrected chi connectivity index (χ2v) is 5.62. The highest BCUT2D eigenvalue weighted by atomic mass is 35.5. The number of nitrogens with one attached hydrogen (secondary N) is 1. The molecule has 2 aliphatic rings. The largest absolute Gasteiger partial charge is 0.383 e. The lowest BCUT2D eigenvalue weighted by molar-refractivity contribution is 1.21. The maximum atomic E-state index is 6.11. The molecule has 0 radical (unpaired) electrons. The summed E-state index contributed by atoms with van der Waals surface area (Å²) < 4.78 is 0. The number of benzene rings is 2. The normalized spacial score (nSPS) is 11.3. The highest BCUT2D eigenvalue weighted by Crippen LogP contribution is 2.46. The van der Waals surface area contributed by atoms with Crippen LogP contribution in [-0.2, 0) is 0 Å². The predicted octanol–water partition coefficient (Wildman–Crippen LogP) is 4.15. The first-order valence-corrected chi connectivity index (χ1v) is 7.24. The number of rotatable bonds is 1. The van der Waals surface area contributed by atoms with Crippen LogP contribution in [-0.4, -0.2) is 9.97 Å². The lowest BCUT2D eigenvalue weighted by Gasteiger charge is -2.09. The number of nitrogen functional groups attached to an aromatic ring is 2. The molecule has 4 nitrogen and oxygen atoms in total. The van der Waals surface area contributed by atoms with Crippen LogP contribution in [0.5, 0.6) is 0 Å². The first-order chi connectivity index (χ1) is 10.6. The van der Waals surface area contributed by atoms with E-state index in [4.69, 9.17) is 23.1 Å². The average molecular weight is 309 g/mol. The zero-order valence-corrected chi connectivity index (χ0v) is 12.4. The highest BCUT2D eigenvalue weighted by Gasteiger charge is 2.22. The van der Waals surface area contributed by atoms with Crippen molar-refractivity contribution in [2.75, 3.05) is 11.5 Å². The summed E-state index contributed by atoms with van der Waals surface area (Å²) in [6.45, 7) is 0. The van der Waals surface area contributed by atoms with E-state index < -0.39 is 0 Å². The van der Waals surface area contributed by atoms with Crippen LogP contribution in [0.1, 0.15) is 0 Å². The van der Waals surface area contributed by atoms with Gasteiger partial charge in [0.05, 0.1) is 5.69 Å². The van der Waals surface area contributed by atoms with E-state index in [0.717, 1.165) is 33.2 Å². The van der Waals surface area contributed by atoms with Crippen molar-refractivity contribution in [1.29, 1.82) is 0 Å². The third kappa shape index (κ3) is 1.81. The topological polar surface area (TPSA) is 80.7 Å². The van der Waals surface area contributed by atoms with E-state index in [9.17, 15) is 0 Å². The van der Waals surface area contributed by atoms with Gasteiger partial charge in [-0.15, -0.1) is 0 Å². The summed E-state index contributed by atoms with van der Waals surface area (Å²) in [5.74, 6) is 0.734. The number of hydrogen-bond donors (Lipinski definition) is 3. The SMILES string of the molecule is Nc1nc(N)c2c3ccccc3c(-c3ccc(Cl)cc3)c-2[nH]1. The molecule has 0 saturated heterocycles. The number of H-pyrrole nitrogens is 1. The van der Waals surface area contributed by atoms with Crippen LogP contribution in [0.4, 0.5) is 11.8 Å². The van der Waals surface area contributed by atoms with Gasteiger partial charge in [-0.05, 0) is 28.5 Å². The maximum Gasteiger partial charge on any atom is 0.199 e. The summed E-state index contributed by atoms with van der Waals surface area (Å²) in [4.78, 5) is 7.31. The molecule has 2 aromatic carbocycles. The van der Waals surface area contributed by atoms with Gasteiger partial charge < -0.3 is 16.5 Å². The molecule has 0 atom stereocenters. The number of aromatic nitrogens is 2. The Hall–Kier alpha value is -2.72. The second kappa shape index (κ2) is 4.64. The fourth-order valence-corrected chi connectivity index (χ4v) is 3.09. The summed E-state index contributed by atoms with van der Waals surface area (Å²) in [6, 6.07) is 15.8. The Morgan fingerprint density at radius 1 is 0.864 bits per heavy atom. The van der Waals surface area contributed by atoms with Crippen molar-refractivity contribution < 1.29 is 0 Å². The molecule has 0 bridgehead atoms. The van der Waals surface area contributed by atoms with Crippen LogP contribution in [0, 0.1) is 0 Å². The number of nitrogens with two attached hydrogens (primary N) is 2. The lowest BCUT2D eigenvalue weighted by Crippen LogP contribution is -2.02. The number of fused-ring (bicyclic) bond motifs is 3. The second-order valence-electron chi connectivity index (χ2n) is 5.18. The van der Waals surface area contributed by atoms with Gasteiger partial charge in [-0.25, -0.2) is 0 Å². The Morgan fingerprint density at radius 2 is 1.50 bits per heavy atom. The molecule has 22 heavy (non-hydrogen) atoms. The Labute approximate surface area is 132 Å². The van der Waals surface area contributed by atoms with Crippen molar-refractivity contribution in [3.63, 3.8) is 0 Å². The standard InChI is InChI=1S/C17H13ClN4/c18-10-7-5-9(6-8-10)13-11-3-1-2-4-12(11)14-15(13)21-17(20)22-16(14)19/h1-8H,19H2,(H3,20,21,22). The summed E-state index contributed by atoms with van der Waals surface area (Å²) in [6.07, 6.45) is 0. The molecule has 1 heterocycles. The van der Waals surface area contributed by atoms with Crippen LogP contribution < -0.4 is 11.5 Å². The van der Waals surface area contributed by atoms with Crippen molar-refractivity contribution in [3.8, 4) is 22.4 Å². The fraction of sp³-hybridized carbons (Fsp3) is 0. The van der Waals surface area contributed by atoms with Crippen LogP contribution in [0.2, 0.25) is 5.02 Å². The van der Waals surface area contributed by atoms with Crippen molar-refractivity contribution in [2.45, 2.75) is 0 Å². The van der Waals surface area contributed by atoms with Crippen LogP contribution in [0.25, 0.3) is 33.2 Å². The van der Waals surface area contributed by atoms with Gasteiger partial charge >= 0.3 is 0 Å². The Kier molecular flexibility index (Phi) is 2.74. The van der Waals surface area contributed by atoms with E-state index in [1.54, 1.807) is 0 Å². The van der Waals surface area contributed by atoms with Crippen molar-refractivity contribution in [2.24, 2.45) is 0 Å². The predicted molar refractivity (Wildman–Crippen MR) is 92.0 cm³/mol. The number of nitrogens with zero attached hydrogens (tertiary/aromatic N) is 1. The number of hydrogen-bond acceptors (Lipinski definition) is 3. The molecular formula is C17H13ClN4. The van der Waals surface area contributed by atoms with Crippen LogP contribution in [0.15, 0.2) is 48.5 Å². The minimum absolute atomic E-state index is 0.301. The molecule has 108 valence electrons. The molecule has 0 amide bonds. The molecule has 5 N–H and O–H groups in total. The van der Waals surface area contributed by atoms with Gasteiger partial charge in [0.2, 0.25) is 0 Å². The summed E-state index contributed by atoms with van der Waals surface area (Å²) in [5.41, 5.74) is 15.9. The van der Waals surface area contributed by atoms with E-state index in [0.29, 0.717) is 16.8 Å². The third-order valence-electron chi connectivity index (χ3n) is 3.85. The highest BCUT2D eigenvalue weighted by molar-refractivity contribution is 6.30. The maximum absolute atomic E-state index is 6.11. The van der Waals surface area contributed by atoms with Gasteiger partial charge in [-0.3, -0.25) is 0 Å². The summed E-state index contributed by atoms with van der Waals surface area (Å²) in [7, 11) is 0. The molecule has 1 aliphatic heterocycles. The minimum atomic E-state index is 0.301. The molecule has 0 fully saturated rings. The lowest BCUT2D eigenvalue weighted by atomic mass is 10.0. The van der Waals surface area contributed by atoms with Gasteiger partial charge in [0.15, 0.2) is 5.95 Å². The van der Waals surface area contributed by atoms with E-state index in [-0.39, 0.29) is 0 Å². The van der Waals surface area contributed by atoms with E-state index in [2.05, 4.69) is 16.0 Å². The first-order valence-electron chi connectivity index (χ1n) is 6.86. The third-order valence-corrected chi connectivity index (χ3v) is 4.10. The molecule has 0 aromatic heterocycles. The number of anilines is 2. The quantitative estimate of drug-likeness (QED) is 0.494. The Balaban J connectivity index is 2.17.